The van der Waals surface area contributed by atoms with E-state index in [1.54, 1.807) is 12.1 Å². The summed E-state index contributed by atoms with van der Waals surface area (Å²) in [7, 11) is 0. The van der Waals surface area contributed by atoms with Crippen LogP contribution in [0.5, 0.6) is 0 Å². The highest BCUT2D eigenvalue weighted by Crippen LogP contribution is 2.21. The Balaban J connectivity index is 2.07. The highest BCUT2D eigenvalue weighted by Gasteiger charge is 2.11. The Hall–Kier alpha value is -2.02. The zero-order valence-electron chi connectivity index (χ0n) is 11.0. The van der Waals surface area contributed by atoms with Crippen LogP contribution in [0.4, 0.5) is 10.9 Å². The third kappa shape index (κ3) is 3.25. The molecule has 2 aromatic heterocycles. The van der Waals surface area contributed by atoms with Crippen molar-refractivity contribution in [1.82, 2.24) is 15.2 Å². The Labute approximate surface area is 115 Å². The number of carbonyl (C=O) groups excluding carboxylic acids is 1. The second-order valence-corrected chi connectivity index (χ2v) is 5.15. The first-order chi connectivity index (χ1) is 9.10. The van der Waals surface area contributed by atoms with Crippen LogP contribution < -0.4 is 10.6 Å². The lowest BCUT2D eigenvalue weighted by molar-refractivity contribution is 0.102. The molecule has 7 heteroatoms. The lowest BCUT2D eigenvalue weighted by Gasteiger charge is -2.02. The van der Waals surface area contributed by atoms with E-state index in [2.05, 4.69) is 25.8 Å². The summed E-state index contributed by atoms with van der Waals surface area (Å²) < 4.78 is 0. The fourth-order valence-electron chi connectivity index (χ4n) is 1.42. The minimum absolute atomic E-state index is 0.271. The van der Waals surface area contributed by atoms with E-state index in [9.17, 15) is 4.79 Å². The number of aryl methyl sites for hydroxylation is 2. The van der Waals surface area contributed by atoms with Crippen molar-refractivity contribution in [3.8, 4) is 0 Å². The lowest BCUT2D eigenvalue weighted by atomic mass is 10.3. The Morgan fingerprint density at radius 2 is 2.11 bits per heavy atom. The molecule has 6 nitrogen and oxygen atoms in total. The molecule has 2 N–H and O–H groups in total. The minimum atomic E-state index is -0.302. The van der Waals surface area contributed by atoms with Gasteiger partial charge in [-0.05, 0) is 32.9 Å². The van der Waals surface area contributed by atoms with Gasteiger partial charge in [-0.15, -0.1) is 21.5 Å². The van der Waals surface area contributed by atoms with Crippen molar-refractivity contribution < 1.29 is 4.79 Å². The van der Waals surface area contributed by atoms with Crippen molar-refractivity contribution in [2.75, 3.05) is 17.2 Å². The standard InChI is InChI=1S/C12H15N5OS/c1-4-13-10-6-5-9(16-17-10)11(18)15-12-14-7(2)8(3)19-12/h5-6H,4H2,1-3H3,(H,13,17)(H,14,15,18). The van der Waals surface area contributed by atoms with Crippen LogP contribution in [0.3, 0.4) is 0 Å². The molecule has 100 valence electrons. The summed E-state index contributed by atoms with van der Waals surface area (Å²) in [6.07, 6.45) is 0. The topological polar surface area (TPSA) is 79.8 Å². The zero-order chi connectivity index (χ0) is 13.8. The number of nitrogens with zero attached hydrogens (tertiary/aromatic N) is 3. The van der Waals surface area contributed by atoms with Crippen molar-refractivity contribution in [2.24, 2.45) is 0 Å². The summed E-state index contributed by atoms with van der Waals surface area (Å²) in [4.78, 5) is 17.3. The molecule has 0 spiro atoms. The maximum absolute atomic E-state index is 11.9. The third-order valence-electron chi connectivity index (χ3n) is 2.50. The normalized spacial score (nSPS) is 10.3. The average Bonchev–Trinajstić information content (AvgIpc) is 2.69. The fraction of sp³-hybridized carbons (Fsp3) is 0.333. The van der Waals surface area contributed by atoms with Gasteiger partial charge in [0, 0.05) is 11.4 Å². The van der Waals surface area contributed by atoms with E-state index < -0.39 is 0 Å². The van der Waals surface area contributed by atoms with Gasteiger partial charge in [0.2, 0.25) is 0 Å². The smallest absolute Gasteiger partial charge is 0.277 e. The third-order valence-corrected chi connectivity index (χ3v) is 3.49. The van der Waals surface area contributed by atoms with Gasteiger partial charge in [-0.25, -0.2) is 4.98 Å². The molecular formula is C12H15N5OS. The van der Waals surface area contributed by atoms with Crippen LogP contribution in [0.2, 0.25) is 0 Å². The Kier molecular flexibility index (Phi) is 4.06. The number of amides is 1. The molecule has 2 aromatic rings. The summed E-state index contributed by atoms with van der Waals surface area (Å²) in [6, 6.07) is 3.36. The Morgan fingerprint density at radius 3 is 2.63 bits per heavy atom. The number of thiazole rings is 1. The van der Waals surface area contributed by atoms with E-state index >= 15 is 0 Å². The molecule has 1 amide bonds. The number of hydrogen-bond acceptors (Lipinski definition) is 6. The van der Waals surface area contributed by atoms with Gasteiger partial charge in [0.15, 0.2) is 10.8 Å². The average molecular weight is 277 g/mol. The van der Waals surface area contributed by atoms with Crippen molar-refractivity contribution in [3.05, 3.63) is 28.4 Å². The molecule has 0 radical (unpaired) electrons. The van der Waals surface area contributed by atoms with Gasteiger partial charge in [-0.2, -0.15) is 0 Å². The maximum Gasteiger partial charge on any atom is 0.277 e. The maximum atomic E-state index is 11.9. The van der Waals surface area contributed by atoms with E-state index in [0.717, 1.165) is 17.1 Å². The van der Waals surface area contributed by atoms with E-state index in [0.29, 0.717) is 10.9 Å². The first kappa shape index (κ1) is 13.4. The molecule has 0 saturated heterocycles. The van der Waals surface area contributed by atoms with Gasteiger partial charge in [-0.1, -0.05) is 0 Å². The van der Waals surface area contributed by atoms with Crippen LogP contribution in [0.25, 0.3) is 0 Å². The van der Waals surface area contributed by atoms with Gasteiger partial charge in [0.1, 0.15) is 5.82 Å². The molecule has 0 unspecified atom stereocenters. The van der Waals surface area contributed by atoms with Crippen molar-refractivity contribution in [3.63, 3.8) is 0 Å². The SMILES string of the molecule is CCNc1ccc(C(=O)Nc2nc(C)c(C)s2)nn1. The lowest BCUT2D eigenvalue weighted by Crippen LogP contribution is -2.14. The Bertz CT molecular complexity index is 559. The number of aromatic nitrogens is 3. The summed E-state index contributed by atoms with van der Waals surface area (Å²) in [5, 5.41) is 14.1. The van der Waals surface area contributed by atoms with Crippen molar-refractivity contribution in [2.45, 2.75) is 20.8 Å². The fourth-order valence-corrected chi connectivity index (χ4v) is 2.23. The molecular weight excluding hydrogens is 262 g/mol. The first-order valence-corrected chi connectivity index (χ1v) is 6.74. The molecule has 0 fully saturated rings. The summed E-state index contributed by atoms with van der Waals surface area (Å²) in [5.41, 5.74) is 1.20. The predicted molar refractivity (Wildman–Crippen MR) is 75.7 cm³/mol. The number of carbonyl (C=O) groups is 1. The van der Waals surface area contributed by atoms with E-state index in [-0.39, 0.29) is 11.6 Å². The van der Waals surface area contributed by atoms with Crippen LogP contribution in [0.15, 0.2) is 12.1 Å². The van der Waals surface area contributed by atoms with Gasteiger partial charge in [-0.3, -0.25) is 10.1 Å². The molecule has 0 aliphatic carbocycles. The largest absolute Gasteiger partial charge is 0.369 e. The molecule has 0 aliphatic heterocycles. The highest BCUT2D eigenvalue weighted by molar-refractivity contribution is 7.15. The summed E-state index contributed by atoms with van der Waals surface area (Å²) >= 11 is 1.45. The zero-order valence-corrected chi connectivity index (χ0v) is 11.8. The van der Waals surface area contributed by atoms with E-state index in [1.807, 2.05) is 20.8 Å². The molecule has 0 aliphatic rings. The highest BCUT2D eigenvalue weighted by atomic mass is 32.1. The number of anilines is 2. The Morgan fingerprint density at radius 1 is 1.32 bits per heavy atom. The van der Waals surface area contributed by atoms with Crippen LogP contribution in [-0.2, 0) is 0 Å². The molecule has 2 rings (SSSR count). The van der Waals surface area contributed by atoms with Gasteiger partial charge >= 0.3 is 0 Å². The van der Waals surface area contributed by atoms with Gasteiger partial charge in [0.25, 0.3) is 5.91 Å². The molecule has 2 heterocycles. The van der Waals surface area contributed by atoms with Crippen LogP contribution >= 0.6 is 11.3 Å². The minimum Gasteiger partial charge on any atom is -0.369 e. The molecule has 0 bridgehead atoms. The van der Waals surface area contributed by atoms with Crippen LogP contribution in [0, 0.1) is 13.8 Å². The summed E-state index contributed by atoms with van der Waals surface area (Å²) in [6.45, 7) is 6.60. The van der Waals surface area contributed by atoms with Crippen LogP contribution in [-0.4, -0.2) is 27.6 Å². The van der Waals surface area contributed by atoms with Gasteiger partial charge in [0.05, 0.1) is 5.69 Å². The number of nitrogens with one attached hydrogen (secondary N) is 2. The van der Waals surface area contributed by atoms with Crippen molar-refractivity contribution >= 4 is 28.2 Å². The van der Waals surface area contributed by atoms with E-state index in [4.69, 9.17) is 0 Å². The molecule has 0 saturated carbocycles. The first-order valence-electron chi connectivity index (χ1n) is 5.93. The van der Waals surface area contributed by atoms with Crippen molar-refractivity contribution in [1.29, 1.82) is 0 Å². The molecule has 0 aromatic carbocycles. The summed E-state index contributed by atoms with van der Waals surface area (Å²) in [5.74, 6) is 0.351. The molecule has 19 heavy (non-hydrogen) atoms. The van der Waals surface area contributed by atoms with Crippen LogP contribution in [0.1, 0.15) is 28.0 Å². The predicted octanol–water partition coefficient (Wildman–Crippen LogP) is 2.23. The second-order valence-electron chi connectivity index (χ2n) is 3.95. The number of rotatable bonds is 4. The number of hydrogen-bond donors (Lipinski definition) is 2. The quantitative estimate of drug-likeness (QED) is 0.896. The van der Waals surface area contributed by atoms with E-state index in [1.165, 1.54) is 11.3 Å². The monoisotopic (exact) mass is 277 g/mol. The molecule has 0 atom stereocenters. The second kappa shape index (κ2) is 5.75. The van der Waals surface area contributed by atoms with Gasteiger partial charge < -0.3 is 5.32 Å².